The summed E-state index contributed by atoms with van der Waals surface area (Å²) in [6.07, 6.45) is -6.48. The van der Waals surface area contributed by atoms with Gasteiger partial charge in [0.05, 0.1) is 36.5 Å². The zero-order valence-electron chi connectivity index (χ0n) is 33.3. The van der Waals surface area contributed by atoms with Gasteiger partial charge in [-0.2, -0.15) is 0 Å². The molecule has 1 saturated heterocycles. The van der Waals surface area contributed by atoms with Crippen LogP contribution in [-0.2, 0) is 28.5 Å². The van der Waals surface area contributed by atoms with Gasteiger partial charge in [-0.15, -0.1) is 0 Å². The molecule has 5 aromatic rings. The fourth-order valence-electron chi connectivity index (χ4n) is 6.35. The Morgan fingerprint density at radius 3 is 1.41 bits per heavy atom. The van der Waals surface area contributed by atoms with Gasteiger partial charge in [-0.1, -0.05) is 79.7 Å². The van der Waals surface area contributed by atoms with Crippen LogP contribution >= 0.6 is 0 Å². The zero-order valence-corrected chi connectivity index (χ0v) is 33.3. The number of carbonyl (C=O) groups excluding carboxylic acids is 4. The van der Waals surface area contributed by atoms with Gasteiger partial charge in [0.15, 0.2) is 23.7 Å². The monoisotopic (exact) mass is 830 g/mol. The summed E-state index contributed by atoms with van der Waals surface area (Å²) in [6, 6.07) is 35.0. The Morgan fingerprint density at radius 2 is 1.00 bits per heavy atom. The van der Waals surface area contributed by atoms with E-state index >= 15 is 0 Å². The first kappa shape index (κ1) is 43.1. The van der Waals surface area contributed by atoms with Crippen molar-refractivity contribution in [3.05, 3.63) is 167 Å². The summed E-state index contributed by atoms with van der Waals surface area (Å²) in [5, 5.41) is 9.70. The number of esters is 4. The van der Waals surface area contributed by atoms with Crippen molar-refractivity contribution in [2.75, 3.05) is 20.8 Å². The molecule has 314 valence electrons. The molecule has 1 aliphatic rings. The van der Waals surface area contributed by atoms with E-state index in [0.717, 1.165) is 0 Å². The highest BCUT2D eigenvalue weighted by atomic mass is 16.7. The number of aliphatic carboxylic acids is 1. The Hall–Kier alpha value is -7.45. The van der Waals surface area contributed by atoms with Gasteiger partial charge in [0.1, 0.15) is 12.7 Å². The molecule has 1 N–H and O–H groups in total. The number of methoxy groups -OCH3 is 2. The lowest BCUT2D eigenvalue weighted by atomic mass is 9.97. The van der Waals surface area contributed by atoms with Gasteiger partial charge in [-0.3, -0.25) is 0 Å². The maximum absolute atomic E-state index is 14.0. The van der Waals surface area contributed by atoms with Crippen molar-refractivity contribution in [3.63, 3.8) is 0 Å². The van der Waals surface area contributed by atoms with Crippen molar-refractivity contribution in [1.29, 1.82) is 0 Å². The first-order valence-electron chi connectivity index (χ1n) is 19.1. The van der Waals surface area contributed by atoms with E-state index in [1.54, 1.807) is 91.9 Å². The average molecular weight is 831 g/mol. The van der Waals surface area contributed by atoms with Gasteiger partial charge < -0.3 is 43.0 Å². The highest BCUT2D eigenvalue weighted by Crippen LogP contribution is 2.42. The minimum atomic E-state index is -1.72. The summed E-state index contributed by atoms with van der Waals surface area (Å²) in [6.45, 7) is 1.12. The molecule has 1 fully saturated rings. The van der Waals surface area contributed by atoms with E-state index in [1.807, 2.05) is 0 Å². The van der Waals surface area contributed by atoms with Gasteiger partial charge >= 0.3 is 29.8 Å². The zero-order chi connectivity index (χ0) is 43.3. The van der Waals surface area contributed by atoms with Crippen molar-refractivity contribution in [2.45, 2.75) is 44.1 Å². The van der Waals surface area contributed by atoms with Gasteiger partial charge in [-0.05, 0) is 78.7 Å². The molecule has 0 bridgehead atoms. The molecule has 0 amide bonds. The number of rotatable bonds is 16. The van der Waals surface area contributed by atoms with Crippen LogP contribution in [0.5, 0.6) is 17.2 Å². The predicted molar refractivity (Wildman–Crippen MR) is 218 cm³/mol. The highest BCUT2D eigenvalue weighted by Gasteiger charge is 2.54. The number of carboxylic acids is 1. The number of hydrogen-bond acceptors (Lipinski definition) is 13. The fourth-order valence-corrected chi connectivity index (χ4v) is 6.35. The molecule has 6 rings (SSSR count). The third kappa shape index (κ3) is 10.8. The second-order valence-corrected chi connectivity index (χ2v) is 13.4. The van der Waals surface area contributed by atoms with Gasteiger partial charge in [0, 0.05) is 5.57 Å². The van der Waals surface area contributed by atoms with Crippen molar-refractivity contribution < 1.29 is 67.0 Å². The second kappa shape index (κ2) is 20.5. The molecule has 1 aliphatic heterocycles. The lowest BCUT2D eigenvalue weighted by Crippen LogP contribution is -2.64. The quantitative estimate of drug-likeness (QED) is 0.0598. The minimum Gasteiger partial charge on any atom is -0.493 e. The molecular weight excluding hydrogens is 789 g/mol. The van der Waals surface area contributed by atoms with Crippen LogP contribution in [-0.4, -0.2) is 86.5 Å². The Bertz CT molecular complexity index is 2310. The Kier molecular flexibility index (Phi) is 14.5. The molecule has 5 atom stereocenters. The first-order chi connectivity index (χ1) is 29.6. The molecule has 14 nitrogen and oxygen atoms in total. The van der Waals surface area contributed by atoms with E-state index in [0.29, 0.717) is 5.56 Å². The summed E-state index contributed by atoms with van der Waals surface area (Å²) < 4.78 is 48.4. The molecule has 1 heterocycles. The lowest BCUT2D eigenvalue weighted by molar-refractivity contribution is -0.275. The molecule has 61 heavy (non-hydrogen) atoms. The smallest absolute Gasteiger partial charge is 0.338 e. The largest absolute Gasteiger partial charge is 0.493 e. The van der Waals surface area contributed by atoms with E-state index in [2.05, 4.69) is 0 Å². The van der Waals surface area contributed by atoms with Gasteiger partial charge in [0.2, 0.25) is 18.1 Å². The Labute approximate surface area is 351 Å². The van der Waals surface area contributed by atoms with Crippen LogP contribution in [0.3, 0.4) is 0 Å². The molecule has 5 aromatic carbocycles. The third-order valence-electron chi connectivity index (χ3n) is 9.45. The standard InChI is InChI=1S/C47H42O14/c1-4-30(42(48)49)25-29-26-35(54-2)38(36(27-29)55-3)61-47-41(60-46(53)34-23-15-8-16-24-34)40(59-45(52)33-21-13-7-14-22-33)39(58-44(51)32-19-11-6-12-20-32)37(57-47)28-56-43(50)31-17-9-5-10-18-31/h5-27,37,39-41,47H,4,28H2,1-3H3,(H,48,49)/t37-,39-,40+,41+,47-/m1/s1. The molecule has 0 aromatic heterocycles. The maximum atomic E-state index is 14.0. The second-order valence-electron chi connectivity index (χ2n) is 13.4. The molecule has 0 aliphatic carbocycles. The fraction of sp³-hybridized carbons (Fsp3) is 0.213. The van der Waals surface area contributed by atoms with E-state index in [9.17, 15) is 29.1 Å². The molecule has 0 saturated carbocycles. The number of carbonyl (C=O) groups is 5. The summed E-state index contributed by atoms with van der Waals surface area (Å²) in [4.78, 5) is 66.9. The first-order valence-corrected chi connectivity index (χ1v) is 19.1. The molecule has 0 unspecified atom stereocenters. The van der Waals surface area contributed by atoms with E-state index in [1.165, 1.54) is 68.8 Å². The molecule has 14 heteroatoms. The topological polar surface area (TPSA) is 179 Å². The summed E-state index contributed by atoms with van der Waals surface area (Å²) in [5.74, 6) is -4.48. The van der Waals surface area contributed by atoms with E-state index < -0.39 is 67.2 Å². The summed E-state index contributed by atoms with van der Waals surface area (Å²) in [5.41, 5.74) is 1.06. The number of ether oxygens (including phenoxy) is 8. The normalized spacial score (nSPS) is 18.5. The van der Waals surface area contributed by atoms with Crippen LogP contribution in [0.25, 0.3) is 6.08 Å². The number of hydrogen-bond donors (Lipinski definition) is 1. The lowest BCUT2D eigenvalue weighted by Gasteiger charge is -2.44. The van der Waals surface area contributed by atoms with Gasteiger partial charge in [0.25, 0.3) is 0 Å². The summed E-state index contributed by atoms with van der Waals surface area (Å²) in [7, 11) is 2.69. The number of carboxylic acid groups (broad SMARTS) is 1. The predicted octanol–water partition coefficient (Wildman–Crippen LogP) is 7.22. The minimum absolute atomic E-state index is 0.0469. The van der Waals surface area contributed by atoms with Crippen molar-refractivity contribution in [2.24, 2.45) is 0 Å². The average Bonchev–Trinajstić information content (AvgIpc) is 3.30. The van der Waals surface area contributed by atoms with E-state index in [4.69, 9.17) is 37.9 Å². The summed E-state index contributed by atoms with van der Waals surface area (Å²) >= 11 is 0. The van der Waals surface area contributed by atoms with Crippen LogP contribution in [0.1, 0.15) is 60.3 Å². The van der Waals surface area contributed by atoms with Gasteiger partial charge in [-0.25, -0.2) is 24.0 Å². The van der Waals surface area contributed by atoms with Crippen LogP contribution in [0.4, 0.5) is 0 Å². The van der Waals surface area contributed by atoms with E-state index in [-0.39, 0.29) is 51.5 Å². The van der Waals surface area contributed by atoms with Crippen molar-refractivity contribution >= 4 is 35.9 Å². The van der Waals surface area contributed by atoms with Crippen LogP contribution < -0.4 is 14.2 Å². The molecule has 0 spiro atoms. The van der Waals surface area contributed by atoms with Crippen molar-refractivity contribution in [1.82, 2.24) is 0 Å². The maximum Gasteiger partial charge on any atom is 0.338 e. The SMILES string of the molecule is CCC(=Cc1cc(OC)c(O[C@H]2O[C@H](COC(=O)c3ccccc3)[C@@H](OC(=O)c3ccccc3)[C@H](OC(=O)c3ccccc3)[C@@H]2OC(=O)c2ccccc2)c(OC)c1)C(=O)O. The molecule has 0 radical (unpaired) electrons. The van der Waals surface area contributed by atoms with Crippen LogP contribution in [0.15, 0.2) is 139 Å². The Morgan fingerprint density at radius 1 is 0.590 bits per heavy atom. The van der Waals surface area contributed by atoms with Crippen molar-refractivity contribution in [3.8, 4) is 17.2 Å². The highest BCUT2D eigenvalue weighted by molar-refractivity contribution is 5.93. The molecular formula is C47H42O14. The third-order valence-corrected chi connectivity index (χ3v) is 9.45. The van der Waals surface area contributed by atoms with Crippen LogP contribution in [0, 0.1) is 0 Å². The number of benzene rings is 5. The van der Waals surface area contributed by atoms with Crippen LogP contribution in [0.2, 0.25) is 0 Å². The Balaban J connectivity index is 1.49.